The molecule has 0 amide bonds. The Morgan fingerprint density at radius 3 is 2.75 bits per heavy atom. The topological polar surface area (TPSA) is 26.3 Å². The van der Waals surface area contributed by atoms with E-state index < -0.39 is 0 Å². The van der Waals surface area contributed by atoms with Gasteiger partial charge in [-0.1, -0.05) is 18.2 Å². The van der Waals surface area contributed by atoms with Gasteiger partial charge < -0.3 is 4.74 Å². The number of aldehydes is 1. The smallest absolute Gasteiger partial charge is 0.153 e. The van der Waals surface area contributed by atoms with Gasteiger partial charge in [0, 0.05) is 4.88 Å². The number of carbonyl (C=O) groups is 1. The van der Waals surface area contributed by atoms with E-state index in [0.29, 0.717) is 11.3 Å². The van der Waals surface area contributed by atoms with Crippen molar-refractivity contribution in [1.29, 1.82) is 0 Å². The number of carbonyl (C=O) groups excluding carboxylic acids is 1. The highest BCUT2D eigenvalue weighted by molar-refractivity contribution is 7.10. The number of rotatable bonds is 4. The molecule has 16 heavy (non-hydrogen) atoms. The van der Waals surface area contributed by atoms with Gasteiger partial charge in [-0.3, -0.25) is 4.79 Å². The number of hydrogen-bond donors (Lipinski definition) is 0. The highest BCUT2D eigenvalue weighted by Gasteiger charge is 2.10. The highest BCUT2D eigenvalue weighted by Crippen LogP contribution is 2.26. The number of para-hydroxylation sites is 1. The fourth-order valence-corrected chi connectivity index (χ4v) is 2.17. The van der Waals surface area contributed by atoms with Crippen molar-refractivity contribution in [2.75, 3.05) is 0 Å². The van der Waals surface area contributed by atoms with Crippen LogP contribution in [0.1, 0.15) is 28.3 Å². The Bertz CT molecular complexity index is 463. The van der Waals surface area contributed by atoms with Crippen LogP contribution in [0.4, 0.5) is 0 Å². The Balaban J connectivity index is 2.17. The lowest BCUT2D eigenvalue weighted by Gasteiger charge is -2.14. The first kappa shape index (κ1) is 10.9. The monoisotopic (exact) mass is 232 g/mol. The van der Waals surface area contributed by atoms with Crippen LogP contribution in [0.5, 0.6) is 5.75 Å². The number of thiophene rings is 1. The molecule has 1 unspecified atom stereocenters. The first-order valence-corrected chi connectivity index (χ1v) is 5.93. The molecule has 2 rings (SSSR count). The number of hydrogen-bond acceptors (Lipinski definition) is 3. The van der Waals surface area contributed by atoms with Crippen molar-refractivity contribution in [3.05, 3.63) is 52.2 Å². The zero-order valence-corrected chi connectivity index (χ0v) is 9.74. The molecular weight excluding hydrogens is 220 g/mol. The summed E-state index contributed by atoms with van der Waals surface area (Å²) in [5, 5.41) is 2.01. The van der Waals surface area contributed by atoms with Crippen LogP contribution in [-0.4, -0.2) is 6.29 Å². The van der Waals surface area contributed by atoms with Crippen LogP contribution in [0.2, 0.25) is 0 Å². The van der Waals surface area contributed by atoms with Gasteiger partial charge in [0.1, 0.15) is 11.9 Å². The molecule has 0 saturated carbocycles. The van der Waals surface area contributed by atoms with E-state index >= 15 is 0 Å². The third-order valence-electron chi connectivity index (χ3n) is 2.29. The van der Waals surface area contributed by atoms with E-state index in [-0.39, 0.29) is 6.10 Å². The molecule has 0 bridgehead atoms. The zero-order chi connectivity index (χ0) is 11.4. The molecule has 1 aromatic heterocycles. The summed E-state index contributed by atoms with van der Waals surface area (Å²) in [6.07, 6.45) is 0.789. The fraction of sp³-hybridized carbons (Fsp3) is 0.154. The predicted molar refractivity (Wildman–Crippen MR) is 65.2 cm³/mol. The Morgan fingerprint density at radius 2 is 2.06 bits per heavy atom. The minimum absolute atomic E-state index is 0.0268. The largest absolute Gasteiger partial charge is 0.484 e. The highest BCUT2D eigenvalue weighted by atomic mass is 32.1. The lowest BCUT2D eigenvalue weighted by atomic mass is 10.2. The Labute approximate surface area is 98.5 Å². The van der Waals surface area contributed by atoms with Crippen molar-refractivity contribution >= 4 is 17.6 Å². The van der Waals surface area contributed by atoms with E-state index in [0.717, 1.165) is 11.2 Å². The average Bonchev–Trinajstić information content (AvgIpc) is 2.83. The number of benzene rings is 1. The molecule has 0 N–H and O–H groups in total. The van der Waals surface area contributed by atoms with Gasteiger partial charge in [-0.05, 0) is 30.5 Å². The maximum Gasteiger partial charge on any atom is 0.153 e. The molecule has 0 aliphatic carbocycles. The van der Waals surface area contributed by atoms with Gasteiger partial charge in [-0.2, -0.15) is 0 Å². The molecule has 2 nitrogen and oxygen atoms in total. The van der Waals surface area contributed by atoms with Crippen LogP contribution in [0.15, 0.2) is 41.8 Å². The molecule has 2 aromatic rings. The van der Waals surface area contributed by atoms with Gasteiger partial charge in [0.05, 0.1) is 5.56 Å². The van der Waals surface area contributed by atoms with Crippen molar-refractivity contribution in [3.8, 4) is 5.75 Å². The molecule has 0 aliphatic rings. The molecule has 1 heterocycles. The van der Waals surface area contributed by atoms with E-state index in [2.05, 4.69) is 0 Å². The van der Waals surface area contributed by atoms with Crippen molar-refractivity contribution in [2.24, 2.45) is 0 Å². The first-order valence-electron chi connectivity index (χ1n) is 5.05. The van der Waals surface area contributed by atoms with E-state index in [1.165, 1.54) is 0 Å². The van der Waals surface area contributed by atoms with Gasteiger partial charge in [0.2, 0.25) is 0 Å². The average molecular weight is 232 g/mol. The summed E-state index contributed by atoms with van der Waals surface area (Å²) >= 11 is 1.65. The molecule has 0 aliphatic heterocycles. The fourth-order valence-electron chi connectivity index (χ4n) is 1.46. The Morgan fingerprint density at radius 1 is 1.25 bits per heavy atom. The summed E-state index contributed by atoms with van der Waals surface area (Å²) in [5.41, 5.74) is 0.589. The molecule has 1 aromatic carbocycles. The van der Waals surface area contributed by atoms with Crippen LogP contribution in [0.25, 0.3) is 0 Å². The zero-order valence-electron chi connectivity index (χ0n) is 8.92. The van der Waals surface area contributed by atoms with Crippen LogP contribution in [-0.2, 0) is 0 Å². The summed E-state index contributed by atoms with van der Waals surface area (Å²) in [4.78, 5) is 12.0. The SMILES string of the molecule is CC(Oc1ccccc1C=O)c1cccs1. The minimum atomic E-state index is -0.0268. The summed E-state index contributed by atoms with van der Waals surface area (Å²) in [5.74, 6) is 0.637. The van der Waals surface area contributed by atoms with Crippen molar-refractivity contribution in [2.45, 2.75) is 13.0 Å². The second-order valence-electron chi connectivity index (χ2n) is 3.43. The van der Waals surface area contributed by atoms with Crippen LogP contribution >= 0.6 is 11.3 Å². The first-order chi connectivity index (χ1) is 7.81. The number of ether oxygens (including phenoxy) is 1. The van der Waals surface area contributed by atoms with Crippen LogP contribution in [0, 0.1) is 0 Å². The molecule has 3 heteroatoms. The van der Waals surface area contributed by atoms with Gasteiger partial charge in [-0.15, -0.1) is 11.3 Å². The normalized spacial score (nSPS) is 12.1. The summed E-state index contributed by atoms with van der Waals surface area (Å²) in [7, 11) is 0. The molecule has 0 radical (unpaired) electrons. The van der Waals surface area contributed by atoms with Crippen LogP contribution < -0.4 is 4.74 Å². The van der Waals surface area contributed by atoms with Gasteiger partial charge in [0.15, 0.2) is 6.29 Å². The molecule has 82 valence electrons. The van der Waals surface area contributed by atoms with Crippen LogP contribution in [0.3, 0.4) is 0 Å². The third kappa shape index (κ3) is 2.31. The predicted octanol–water partition coefficient (Wildman–Crippen LogP) is 3.70. The second kappa shape index (κ2) is 4.94. The molecule has 0 fully saturated rings. The quantitative estimate of drug-likeness (QED) is 0.751. The minimum Gasteiger partial charge on any atom is -0.484 e. The van der Waals surface area contributed by atoms with Gasteiger partial charge >= 0.3 is 0 Å². The summed E-state index contributed by atoms with van der Waals surface area (Å²) in [6.45, 7) is 1.98. The second-order valence-corrected chi connectivity index (χ2v) is 4.41. The molecule has 1 atom stereocenters. The Hall–Kier alpha value is -1.61. The third-order valence-corrected chi connectivity index (χ3v) is 3.33. The lowest BCUT2D eigenvalue weighted by molar-refractivity contribution is 0.111. The molecular formula is C13H12O2S. The van der Waals surface area contributed by atoms with E-state index in [1.54, 1.807) is 17.4 Å². The van der Waals surface area contributed by atoms with Crippen molar-refractivity contribution in [3.63, 3.8) is 0 Å². The summed E-state index contributed by atoms with van der Waals surface area (Å²) in [6, 6.07) is 11.3. The Kier molecular flexibility index (Phi) is 3.37. The molecule has 0 saturated heterocycles. The van der Waals surface area contributed by atoms with E-state index in [4.69, 9.17) is 4.74 Å². The molecule has 0 spiro atoms. The lowest BCUT2D eigenvalue weighted by Crippen LogP contribution is -2.02. The standard InChI is InChI=1S/C13H12O2S/c1-10(13-7-4-8-16-13)15-12-6-3-2-5-11(12)9-14/h2-10H,1H3. The maximum absolute atomic E-state index is 10.8. The van der Waals surface area contributed by atoms with Gasteiger partial charge in [-0.25, -0.2) is 0 Å². The maximum atomic E-state index is 10.8. The van der Waals surface area contributed by atoms with Crippen molar-refractivity contribution < 1.29 is 9.53 Å². The van der Waals surface area contributed by atoms with E-state index in [9.17, 15) is 4.79 Å². The summed E-state index contributed by atoms with van der Waals surface area (Å²) < 4.78 is 5.76. The van der Waals surface area contributed by atoms with E-state index in [1.807, 2.05) is 42.6 Å². The van der Waals surface area contributed by atoms with Gasteiger partial charge in [0.25, 0.3) is 0 Å². The van der Waals surface area contributed by atoms with Crippen molar-refractivity contribution in [1.82, 2.24) is 0 Å².